The van der Waals surface area contributed by atoms with Gasteiger partial charge < -0.3 is 5.32 Å². The Kier molecular flexibility index (Phi) is 4.59. The van der Waals surface area contributed by atoms with E-state index >= 15 is 0 Å². The van der Waals surface area contributed by atoms with Gasteiger partial charge in [-0.2, -0.15) is 5.26 Å². The lowest BCUT2D eigenvalue weighted by Crippen LogP contribution is -1.94. The summed E-state index contributed by atoms with van der Waals surface area (Å²) in [5.41, 5.74) is 3.79. The second kappa shape index (κ2) is 6.40. The molecule has 0 unspecified atom stereocenters. The van der Waals surface area contributed by atoms with Gasteiger partial charge in [0, 0.05) is 10.2 Å². The van der Waals surface area contributed by atoms with Gasteiger partial charge in [-0.1, -0.05) is 41.4 Å². The fraction of sp³-hybridized carbons (Fsp3) is 0.188. The molecule has 0 bridgehead atoms. The molecule has 0 aliphatic heterocycles. The number of nitrogens with zero attached hydrogens (tertiary/aromatic N) is 1. The highest BCUT2D eigenvalue weighted by Gasteiger charge is 2.03. The van der Waals surface area contributed by atoms with E-state index in [1.165, 1.54) is 5.56 Å². The van der Waals surface area contributed by atoms with E-state index in [0.29, 0.717) is 5.56 Å². The molecule has 1 N–H and O–H groups in total. The number of aryl methyl sites for hydroxylation is 1. The number of hydrogen-bond donors (Lipinski definition) is 1. The first-order chi connectivity index (χ1) is 9.22. The van der Waals surface area contributed by atoms with Gasteiger partial charge in [-0.25, -0.2) is 0 Å². The van der Waals surface area contributed by atoms with E-state index < -0.39 is 0 Å². The SMILES string of the molecule is CCCc1ccc(Nc2cc(Br)ccc2C#N)cc1. The molecule has 0 fully saturated rings. The summed E-state index contributed by atoms with van der Waals surface area (Å²) in [7, 11) is 0. The van der Waals surface area contributed by atoms with Gasteiger partial charge in [-0.3, -0.25) is 0 Å². The van der Waals surface area contributed by atoms with Crippen molar-refractivity contribution in [2.24, 2.45) is 0 Å². The number of benzene rings is 2. The van der Waals surface area contributed by atoms with E-state index in [9.17, 15) is 0 Å². The third-order valence-corrected chi connectivity index (χ3v) is 3.37. The fourth-order valence-corrected chi connectivity index (χ4v) is 2.28. The van der Waals surface area contributed by atoms with Crippen LogP contribution in [-0.4, -0.2) is 0 Å². The summed E-state index contributed by atoms with van der Waals surface area (Å²) >= 11 is 3.42. The molecule has 0 heterocycles. The van der Waals surface area contributed by atoms with E-state index in [1.807, 2.05) is 24.3 Å². The van der Waals surface area contributed by atoms with Gasteiger partial charge in [0.2, 0.25) is 0 Å². The van der Waals surface area contributed by atoms with Crippen molar-refractivity contribution >= 4 is 27.3 Å². The topological polar surface area (TPSA) is 35.8 Å². The number of nitrogens with one attached hydrogen (secondary N) is 1. The molecular formula is C16H15BrN2. The highest BCUT2D eigenvalue weighted by Crippen LogP contribution is 2.24. The van der Waals surface area contributed by atoms with E-state index in [0.717, 1.165) is 28.7 Å². The number of halogens is 1. The van der Waals surface area contributed by atoms with Crippen LogP contribution in [0, 0.1) is 11.3 Å². The second-order valence-electron chi connectivity index (χ2n) is 4.37. The molecule has 0 atom stereocenters. The summed E-state index contributed by atoms with van der Waals surface area (Å²) in [6, 6.07) is 16.1. The maximum atomic E-state index is 9.10. The highest BCUT2D eigenvalue weighted by atomic mass is 79.9. The number of nitriles is 1. The van der Waals surface area contributed by atoms with Crippen LogP contribution >= 0.6 is 15.9 Å². The minimum absolute atomic E-state index is 0.640. The lowest BCUT2D eigenvalue weighted by molar-refractivity contribution is 0.922. The number of rotatable bonds is 4. The first-order valence-corrected chi connectivity index (χ1v) is 7.08. The smallest absolute Gasteiger partial charge is 0.101 e. The van der Waals surface area contributed by atoms with Gasteiger partial charge >= 0.3 is 0 Å². The predicted molar refractivity (Wildman–Crippen MR) is 82.6 cm³/mol. The van der Waals surface area contributed by atoms with Crippen LogP contribution in [0.1, 0.15) is 24.5 Å². The molecule has 96 valence electrons. The van der Waals surface area contributed by atoms with E-state index in [2.05, 4.69) is 46.4 Å². The van der Waals surface area contributed by atoms with Crippen LogP contribution in [0.15, 0.2) is 46.9 Å². The lowest BCUT2D eigenvalue weighted by Gasteiger charge is -2.09. The number of anilines is 2. The van der Waals surface area contributed by atoms with Crippen molar-refractivity contribution in [1.82, 2.24) is 0 Å². The van der Waals surface area contributed by atoms with Gasteiger partial charge in [0.1, 0.15) is 6.07 Å². The van der Waals surface area contributed by atoms with Crippen molar-refractivity contribution in [3.05, 3.63) is 58.1 Å². The number of hydrogen-bond acceptors (Lipinski definition) is 2. The van der Waals surface area contributed by atoms with Crippen molar-refractivity contribution in [3.63, 3.8) is 0 Å². The van der Waals surface area contributed by atoms with Crippen molar-refractivity contribution in [3.8, 4) is 6.07 Å². The molecule has 0 saturated heterocycles. The van der Waals surface area contributed by atoms with Crippen LogP contribution in [0.2, 0.25) is 0 Å². The quantitative estimate of drug-likeness (QED) is 0.860. The molecular weight excluding hydrogens is 300 g/mol. The standard InChI is InChI=1S/C16H15BrN2/c1-2-3-12-4-8-15(9-5-12)19-16-10-14(17)7-6-13(16)11-18/h4-10,19H,2-3H2,1H3. The van der Waals surface area contributed by atoms with Crippen LogP contribution in [0.4, 0.5) is 11.4 Å². The summed E-state index contributed by atoms with van der Waals surface area (Å²) in [5.74, 6) is 0. The molecule has 0 amide bonds. The zero-order chi connectivity index (χ0) is 13.7. The van der Waals surface area contributed by atoms with Gasteiger partial charge in [0.25, 0.3) is 0 Å². The fourth-order valence-electron chi connectivity index (χ4n) is 1.92. The normalized spacial score (nSPS) is 9.95. The van der Waals surface area contributed by atoms with E-state index in [4.69, 9.17) is 5.26 Å². The molecule has 2 aromatic rings. The van der Waals surface area contributed by atoms with Crippen molar-refractivity contribution in [2.45, 2.75) is 19.8 Å². The van der Waals surface area contributed by atoms with Crippen LogP contribution < -0.4 is 5.32 Å². The molecule has 2 aromatic carbocycles. The highest BCUT2D eigenvalue weighted by molar-refractivity contribution is 9.10. The third-order valence-electron chi connectivity index (χ3n) is 2.87. The Morgan fingerprint density at radius 2 is 1.89 bits per heavy atom. The zero-order valence-electron chi connectivity index (χ0n) is 10.8. The monoisotopic (exact) mass is 314 g/mol. The Hall–Kier alpha value is -1.79. The maximum absolute atomic E-state index is 9.10. The Labute approximate surface area is 122 Å². The van der Waals surface area contributed by atoms with Crippen molar-refractivity contribution in [2.75, 3.05) is 5.32 Å². The summed E-state index contributed by atoms with van der Waals surface area (Å²) < 4.78 is 0.955. The molecule has 0 spiro atoms. The average Bonchev–Trinajstić information content (AvgIpc) is 2.42. The average molecular weight is 315 g/mol. The second-order valence-corrected chi connectivity index (χ2v) is 5.29. The summed E-state index contributed by atoms with van der Waals surface area (Å²) in [5, 5.41) is 12.4. The Balaban J connectivity index is 2.21. The molecule has 0 saturated carbocycles. The van der Waals surface area contributed by atoms with Gasteiger partial charge in [0.15, 0.2) is 0 Å². The third kappa shape index (κ3) is 3.59. The van der Waals surface area contributed by atoms with Gasteiger partial charge in [0.05, 0.1) is 11.3 Å². The van der Waals surface area contributed by atoms with Crippen LogP contribution in [0.3, 0.4) is 0 Å². The van der Waals surface area contributed by atoms with Crippen LogP contribution in [0.5, 0.6) is 0 Å². The van der Waals surface area contributed by atoms with Crippen molar-refractivity contribution < 1.29 is 0 Å². The molecule has 2 rings (SSSR count). The minimum atomic E-state index is 0.640. The summed E-state index contributed by atoms with van der Waals surface area (Å²) in [6.45, 7) is 2.17. The summed E-state index contributed by atoms with van der Waals surface area (Å²) in [4.78, 5) is 0. The van der Waals surface area contributed by atoms with Crippen molar-refractivity contribution in [1.29, 1.82) is 5.26 Å². The molecule has 3 heteroatoms. The van der Waals surface area contributed by atoms with E-state index in [-0.39, 0.29) is 0 Å². The molecule has 0 aliphatic carbocycles. The molecule has 0 aromatic heterocycles. The van der Waals surface area contributed by atoms with E-state index in [1.54, 1.807) is 6.07 Å². The van der Waals surface area contributed by atoms with Crippen LogP contribution in [-0.2, 0) is 6.42 Å². The zero-order valence-corrected chi connectivity index (χ0v) is 12.4. The maximum Gasteiger partial charge on any atom is 0.101 e. The van der Waals surface area contributed by atoms with Gasteiger partial charge in [-0.05, 0) is 42.3 Å². The lowest BCUT2D eigenvalue weighted by atomic mass is 10.1. The molecule has 0 radical (unpaired) electrons. The minimum Gasteiger partial charge on any atom is -0.354 e. The van der Waals surface area contributed by atoms with Gasteiger partial charge in [-0.15, -0.1) is 0 Å². The van der Waals surface area contributed by atoms with Crippen LogP contribution in [0.25, 0.3) is 0 Å². The molecule has 2 nitrogen and oxygen atoms in total. The molecule has 19 heavy (non-hydrogen) atoms. The predicted octanol–water partition coefficient (Wildman–Crippen LogP) is 5.02. The first kappa shape index (κ1) is 13.6. The first-order valence-electron chi connectivity index (χ1n) is 6.28. The summed E-state index contributed by atoms with van der Waals surface area (Å²) in [6.07, 6.45) is 2.25. The molecule has 0 aliphatic rings. The Morgan fingerprint density at radius 3 is 2.53 bits per heavy atom. The Bertz CT molecular complexity index is 597. The Morgan fingerprint density at radius 1 is 1.16 bits per heavy atom. The largest absolute Gasteiger partial charge is 0.354 e.